The lowest BCUT2D eigenvalue weighted by Gasteiger charge is -2.38. The Balaban J connectivity index is 1.46. The molecular formula is C26H22FN3O4. The maximum atomic E-state index is 13.2. The molecule has 4 rings (SSSR count). The predicted molar refractivity (Wildman–Crippen MR) is 122 cm³/mol. The van der Waals surface area contributed by atoms with Gasteiger partial charge in [-0.1, -0.05) is 30.3 Å². The van der Waals surface area contributed by atoms with Crippen molar-refractivity contribution >= 4 is 17.5 Å². The molecule has 1 aliphatic heterocycles. The summed E-state index contributed by atoms with van der Waals surface area (Å²) in [5, 5.41) is 22.8. The van der Waals surface area contributed by atoms with E-state index in [1.165, 1.54) is 18.2 Å². The van der Waals surface area contributed by atoms with Crippen LogP contribution in [0.3, 0.4) is 0 Å². The summed E-state index contributed by atoms with van der Waals surface area (Å²) in [6.45, 7) is 0.296. The largest absolute Gasteiger partial charge is 0.386 e. The highest BCUT2D eigenvalue weighted by atomic mass is 19.1. The number of hydrogen-bond donors (Lipinski definition) is 2. The second-order valence-corrected chi connectivity index (χ2v) is 7.94. The Bertz CT molecular complexity index is 1220. The minimum atomic E-state index is -1.03. The minimum Gasteiger partial charge on any atom is -0.386 e. The molecule has 2 amide bonds. The van der Waals surface area contributed by atoms with Crippen molar-refractivity contribution in [2.24, 2.45) is 0 Å². The molecule has 0 bridgehead atoms. The van der Waals surface area contributed by atoms with Gasteiger partial charge in [-0.15, -0.1) is 0 Å². The van der Waals surface area contributed by atoms with Gasteiger partial charge in [-0.25, -0.2) is 4.39 Å². The normalized spacial score (nSPS) is 16.6. The zero-order valence-electron chi connectivity index (χ0n) is 18.1. The van der Waals surface area contributed by atoms with Crippen LogP contribution in [0.2, 0.25) is 0 Å². The van der Waals surface area contributed by atoms with E-state index in [9.17, 15) is 19.1 Å². The number of ether oxygens (including phenoxy) is 1. The summed E-state index contributed by atoms with van der Waals surface area (Å²) < 4.78 is 18.6. The van der Waals surface area contributed by atoms with E-state index in [0.29, 0.717) is 22.4 Å². The van der Waals surface area contributed by atoms with Crippen molar-refractivity contribution in [3.63, 3.8) is 0 Å². The highest BCUT2D eigenvalue weighted by Crippen LogP contribution is 2.27. The minimum absolute atomic E-state index is 0.0810. The topological polar surface area (TPSA) is 103 Å². The summed E-state index contributed by atoms with van der Waals surface area (Å²) >= 11 is 0. The lowest BCUT2D eigenvalue weighted by molar-refractivity contribution is -0.155. The van der Waals surface area contributed by atoms with Crippen LogP contribution in [0.4, 0.5) is 10.1 Å². The smallest absolute Gasteiger partial charge is 0.255 e. The fourth-order valence-electron chi connectivity index (χ4n) is 3.80. The van der Waals surface area contributed by atoms with Crippen LogP contribution < -0.4 is 5.32 Å². The third kappa shape index (κ3) is 5.29. The van der Waals surface area contributed by atoms with Crippen LogP contribution >= 0.6 is 0 Å². The lowest BCUT2D eigenvalue weighted by atomic mass is 9.99. The molecule has 2 N–H and O–H groups in total. The molecule has 0 saturated carbocycles. The average Bonchev–Trinajstić information content (AvgIpc) is 2.86. The highest BCUT2D eigenvalue weighted by molar-refractivity contribution is 6.04. The van der Waals surface area contributed by atoms with E-state index in [1.807, 2.05) is 6.07 Å². The number of nitriles is 1. The van der Waals surface area contributed by atoms with E-state index in [0.717, 1.165) is 5.56 Å². The Morgan fingerprint density at radius 3 is 2.62 bits per heavy atom. The quantitative estimate of drug-likeness (QED) is 0.588. The monoisotopic (exact) mass is 459 g/mol. The van der Waals surface area contributed by atoms with Gasteiger partial charge in [-0.3, -0.25) is 9.59 Å². The van der Waals surface area contributed by atoms with Gasteiger partial charge in [-0.05, 0) is 53.6 Å². The molecule has 0 aromatic heterocycles. The first-order chi connectivity index (χ1) is 16.4. The number of rotatable bonds is 6. The number of nitrogens with one attached hydrogen (secondary N) is 1. The Hall–Kier alpha value is -4.06. The number of halogens is 1. The van der Waals surface area contributed by atoms with Crippen LogP contribution in [0.15, 0.2) is 72.8 Å². The number of morpholine rings is 1. The first-order valence-corrected chi connectivity index (χ1v) is 10.7. The molecule has 172 valence electrons. The number of aliphatic hydroxyl groups excluding tert-OH is 1. The Labute approximate surface area is 196 Å². The number of nitrogens with zero attached hydrogens (tertiary/aromatic N) is 2. The van der Waals surface area contributed by atoms with Crippen molar-refractivity contribution in [3.8, 4) is 6.07 Å². The van der Waals surface area contributed by atoms with Crippen molar-refractivity contribution < 1.29 is 23.8 Å². The fraction of sp³-hybridized carbons (Fsp3) is 0.192. The van der Waals surface area contributed by atoms with Crippen LogP contribution in [0, 0.1) is 17.1 Å². The number of hydrogen-bond acceptors (Lipinski definition) is 5. The lowest BCUT2D eigenvalue weighted by Crippen LogP contribution is -2.51. The van der Waals surface area contributed by atoms with E-state index in [-0.39, 0.29) is 37.4 Å². The van der Waals surface area contributed by atoms with Gasteiger partial charge in [0.15, 0.2) is 0 Å². The van der Waals surface area contributed by atoms with Crippen molar-refractivity contribution in [3.05, 3.63) is 101 Å². The molecule has 0 spiro atoms. The van der Waals surface area contributed by atoms with Crippen LogP contribution in [-0.4, -0.2) is 41.1 Å². The molecular weight excluding hydrogens is 437 g/mol. The molecule has 2 unspecified atom stereocenters. The zero-order valence-corrected chi connectivity index (χ0v) is 18.1. The fourth-order valence-corrected chi connectivity index (χ4v) is 3.80. The van der Waals surface area contributed by atoms with Gasteiger partial charge in [0, 0.05) is 17.8 Å². The van der Waals surface area contributed by atoms with Gasteiger partial charge in [-0.2, -0.15) is 5.26 Å². The number of amides is 2. The predicted octanol–water partition coefficient (Wildman–Crippen LogP) is 3.41. The third-order valence-electron chi connectivity index (χ3n) is 5.63. The highest BCUT2D eigenvalue weighted by Gasteiger charge is 2.34. The van der Waals surface area contributed by atoms with E-state index >= 15 is 0 Å². The average molecular weight is 459 g/mol. The van der Waals surface area contributed by atoms with Crippen molar-refractivity contribution in [2.45, 2.75) is 18.7 Å². The molecule has 1 aliphatic rings. The molecule has 8 heteroatoms. The van der Waals surface area contributed by atoms with Crippen LogP contribution in [0.25, 0.3) is 0 Å². The molecule has 2 atom stereocenters. The summed E-state index contributed by atoms with van der Waals surface area (Å²) in [6.07, 6.45) is -1.03. The molecule has 1 heterocycles. The standard InChI is InChI=1S/C26H22FN3O4/c27-21-8-4-17(5-9-21)14-30-23(15-34-16-24(30)31)25(32)19-6-10-22(11-7-19)29-26(33)20-3-1-2-18(12-20)13-28/h1-12,23,25,32H,14-16H2,(H,29,33). The summed E-state index contributed by atoms with van der Waals surface area (Å²) in [6, 6.07) is 20.3. The molecule has 3 aromatic rings. The van der Waals surface area contributed by atoms with Gasteiger partial charge in [0.25, 0.3) is 5.91 Å². The van der Waals surface area contributed by atoms with E-state index in [1.54, 1.807) is 59.5 Å². The Morgan fingerprint density at radius 1 is 1.18 bits per heavy atom. The van der Waals surface area contributed by atoms with Gasteiger partial charge in [0.2, 0.25) is 5.91 Å². The maximum absolute atomic E-state index is 13.2. The Morgan fingerprint density at radius 2 is 1.91 bits per heavy atom. The number of aliphatic hydroxyl groups is 1. The molecule has 3 aromatic carbocycles. The van der Waals surface area contributed by atoms with Crippen LogP contribution in [-0.2, 0) is 16.1 Å². The first-order valence-electron chi connectivity index (χ1n) is 10.7. The molecule has 1 saturated heterocycles. The van der Waals surface area contributed by atoms with E-state index in [4.69, 9.17) is 10.00 Å². The van der Waals surface area contributed by atoms with Crippen molar-refractivity contribution in [2.75, 3.05) is 18.5 Å². The number of carbonyl (C=O) groups is 2. The molecule has 34 heavy (non-hydrogen) atoms. The van der Waals surface area contributed by atoms with Crippen molar-refractivity contribution in [1.29, 1.82) is 5.26 Å². The van der Waals surface area contributed by atoms with Gasteiger partial charge in [0.1, 0.15) is 18.5 Å². The summed E-state index contributed by atoms with van der Waals surface area (Å²) in [5.41, 5.74) is 2.56. The van der Waals surface area contributed by atoms with Gasteiger partial charge in [0.05, 0.1) is 24.3 Å². The van der Waals surface area contributed by atoms with E-state index < -0.39 is 12.1 Å². The molecule has 7 nitrogen and oxygen atoms in total. The van der Waals surface area contributed by atoms with Gasteiger partial charge < -0.3 is 20.1 Å². The third-order valence-corrected chi connectivity index (χ3v) is 5.63. The van der Waals surface area contributed by atoms with E-state index in [2.05, 4.69) is 5.32 Å². The second kappa shape index (κ2) is 10.3. The maximum Gasteiger partial charge on any atom is 0.255 e. The first kappa shape index (κ1) is 23.1. The molecule has 1 fully saturated rings. The SMILES string of the molecule is N#Cc1cccc(C(=O)Nc2ccc(C(O)C3COCC(=O)N3Cc3ccc(F)cc3)cc2)c1. The summed E-state index contributed by atoms with van der Waals surface area (Å²) in [4.78, 5) is 26.5. The molecule has 0 aliphatic carbocycles. The zero-order chi connectivity index (χ0) is 24.1. The summed E-state index contributed by atoms with van der Waals surface area (Å²) in [7, 11) is 0. The second-order valence-electron chi connectivity index (χ2n) is 7.94. The number of benzene rings is 3. The van der Waals surface area contributed by atoms with Crippen LogP contribution in [0.5, 0.6) is 0 Å². The number of carbonyl (C=O) groups excluding carboxylic acids is 2. The van der Waals surface area contributed by atoms with Gasteiger partial charge >= 0.3 is 0 Å². The van der Waals surface area contributed by atoms with Crippen LogP contribution in [0.1, 0.15) is 33.2 Å². The Kier molecular flexibility index (Phi) is 6.97. The number of anilines is 1. The molecule has 0 radical (unpaired) electrons. The summed E-state index contributed by atoms with van der Waals surface area (Å²) in [5.74, 6) is -0.983. The van der Waals surface area contributed by atoms with Crippen molar-refractivity contribution in [1.82, 2.24) is 4.90 Å².